The van der Waals surface area contributed by atoms with Gasteiger partial charge in [0.05, 0.1) is 17.2 Å². The number of amides is 1. The molecule has 2 unspecified atom stereocenters. The summed E-state index contributed by atoms with van der Waals surface area (Å²) in [6.07, 6.45) is -2.32. The van der Waals surface area contributed by atoms with Crippen molar-refractivity contribution in [2.75, 3.05) is 25.2 Å². The first-order valence-corrected chi connectivity index (χ1v) is 13.3. The lowest BCUT2D eigenvalue weighted by Gasteiger charge is -2.26. The van der Waals surface area contributed by atoms with Crippen LogP contribution < -0.4 is 4.90 Å². The lowest BCUT2D eigenvalue weighted by Crippen LogP contribution is -2.33. The second kappa shape index (κ2) is 14.1. The number of nitrogens with zero attached hydrogens (tertiary/aromatic N) is 2. The number of ether oxygens (including phenoxy) is 1. The number of hydrogen-bond acceptors (Lipinski definition) is 3. The van der Waals surface area contributed by atoms with Crippen molar-refractivity contribution in [2.24, 2.45) is 5.92 Å². The molecule has 0 aliphatic rings. The molecule has 212 valence electrons. The summed E-state index contributed by atoms with van der Waals surface area (Å²) in [6.45, 7) is 4.91. The van der Waals surface area contributed by atoms with Crippen molar-refractivity contribution >= 4 is 11.6 Å². The molecule has 0 aromatic heterocycles. The van der Waals surface area contributed by atoms with Crippen LogP contribution in [0.1, 0.15) is 62.1 Å². The predicted octanol–water partition coefficient (Wildman–Crippen LogP) is 8.36. The second-order valence-electron chi connectivity index (χ2n) is 10.2. The molecule has 3 aromatic carbocycles. The summed E-state index contributed by atoms with van der Waals surface area (Å²) in [5, 5.41) is 9.20. The molecular formula is C32H34F4N2O2. The molecule has 0 spiro atoms. The zero-order valence-corrected chi connectivity index (χ0v) is 23.0. The number of carbonyl (C=O) groups is 1. The average molecular weight is 555 g/mol. The van der Waals surface area contributed by atoms with Crippen molar-refractivity contribution < 1.29 is 27.1 Å². The summed E-state index contributed by atoms with van der Waals surface area (Å²) >= 11 is 0. The maximum absolute atomic E-state index is 13.8. The van der Waals surface area contributed by atoms with Crippen molar-refractivity contribution in [3.8, 4) is 17.2 Å². The van der Waals surface area contributed by atoms with Gasteiger partial charge < -0.3 is 9.64 Å². The summed E-state index contributed by atoms with van der Waals surface area (Å²) in [5.74, 6) is -1.70. The molecule has 40 heavy (non-hydrogen) atoms. The molecule has 3 aromatic rings. The van der Waals surface area contributed by atoms with E-state index in [0.717, 1.165) is 42.5 Å². The minimum Gasteiger partial charge on any atom is -0.385 e. The van der Waals surface area contributed by atoms with Gasteiger partial charge in [-0.25, -0.2) is 4.39 Å². The summed E-state index contributed by atoms with van der Waals surface area (Å²) in [5.41, 5.74) is 1.91. The second-order valence-corrected chi connectivity index (χ2v) is 10.2. The molecule has 4 nitrogen and oxygen atoms in total. The molecule has 1 amide bonds. The molecule has 0 N–H and O–H groups in total. The fourth-order valence-corrected chi connectivity index (χ4v) is 4.62. The van der Waals surface area contributed by atoms with Crippen LogP contribution in [-0.2, 0) is 15.7 Å². The van der Waals surface area contributed by atoms with Gasteiger partial charge in [0.2, 0.25) is 5.91 Å². The van der Waals surface area contributed by atoms with Crippen molar-refractivity contribution in [3.63, 3.8) is 0 Å². The molecule has 0 radical (unpaired) electrons. The Labute approximate surface area is 233 Å². The van der Waals surface area contributed by atoms with Gasteiger partial charge in [-0.3, -0.25) is 4.79 Å². The summed E-state index contributed by atoms with van der Waals surface area (Å²) in [7, 11) is 1.66. The van der Waals surface area contributed by atoms with E-state index in [2.05, 4.69) is 13.0 Å². The van der Waals surface area contributed by atoms with Crippen molar-refractivity contribution in [2.45, 2.75) is 51.6 Å². The highest BCUT2D eigenvalue weighted by molar-refractivity contribution is 5.94. The maximum Gasteiger partial charge on any atom is 0.419 e. The topological polar surface area (TPSA) is 53.3 Å². The van der Waals surface area contributed by atoms with E-state index in [1.54, 1.807) is 31.1 Å². The lowest BCUT2D eigenvalue weighted by molar-refractivity contribution is -0.140. The number of rotatable bonds is 12. The smallest absolute Gasteiger partial charge is 0.385 e. The minimum absolute atomic E-state index is 0.0336. The first kappa shape index (κ1) is 30.8. The van der Waals surface area contributed by atoms with Gasteiger partial charge in [-0.2, -0.15) is 18.4 Å². The van der Waals surface area contributed by atoms with E-state index >= 15 is 0 Å². The highest BCUT2D eigenvalue weighted by Gasteiger charge is 2.34. The number of methoxy groups -OCH3 is 1. The number of alkyl halides is 3. The van der Waals surface area contributed by atoms with Crippen LogP contribution >= 0.6 is 0 Å². The Morgan fingerprint density at radius 2 is 1.73 bits per heavy atom. The first-order valence-electron chi connectivity index (χ1n) is 13.3. The van der Waals surface area contributed by atoms with E-state index in [1.165, 1.54) is 6.07 Å². The zero-order chi connectivity index (χ0) is 29.3. The third-order valence-electron chi connectivity index (χ3n) is 7.04. The highest BCUT2D eigenvalue weighted by atomic mass is 19.4. The van der Waals surface area contributed by atoms with Crippen LogP contribution in [0.15, 0.2) is 66.7 Å². The number of carbonyl (C=O) groups excluding carboxylic acids is 1. The molecule has 2 atom stereocenters. The van der Waals surface area contributed by atoms with Gasteiger partial charge in [0.15, 0.2) is 0 Å². The monoisotopic (exact) mass is 554 g/mol. The van der Waals surface area contributed by atoms with Gasteiger partial charge in [-0.05, 0) is 84.2 Å². The average Bonchev–Trinajstić information content (AvgIpc) is 2.93. The van der Waals surface area contributed by atoms with Crippen LogP contribution in [0, 0.1) is 23.1 Å². The molecule has 0 aliphatic carbocycles. The standard InChI is InChI=1S/C32H34F4N2O2/c1-22(15-17-40-3)6-5-16-38(28-12-9-25(10-13-28)27-8-4-7-24(19-27)21-37)31(39)18-23(2)26-11-14-30(33)29(20-26)32(34,35)36/h4,7-14,19-20,22-23H,5-6,15-18H2,1-3H3. The lowest BCUT2D eigenvalue weighted by atomic mass is 9.94. The Kier molecular flexibility index (Phi) is 10.9. The van der Waals surface area contributed by atoms with Crippen molar-refractivity contribution in [1.82, 2.24) is 0 Å². The van der Waals surface area contributed by atoms with Crippen LogP contribution in [0.4, 0.5) is 23.2 Å². The van der Waals surface area contributed by atoms with E-state index in [1.807, 2.05) is 36.4 Å². The molecular weight excluding hydrogens is 520 g/mol. The third-order valence-corrected chi connectivity index (χ3v) is 7.04. The van der Waals surface area contributed by atoms with E-state index in [0.29, 0.717) is 30.3 Å². The van der Waals surface area contributed by atoms with Gasteiger partial charge in [-0.1, -0.05) is 44.2 Å². The van der Waals surface area contributed by atoms with Gasteiger partial charge in [0.25, 0.3) is 0 Å². The van der Waals surface area contributed by atoms with Crippen molar-refractivity contribution in [1.29, 1.82) is 5.26 Å². The predicted molar refractivity (Wildman–Crippen MR) is 148 cm³/mol. The van der Waals surface area contributed by atoms with E-state index in [4.69, 9.17) is 4.74 Å². The number of benzene rings is 3. The Morgan fingerprint density at radius 3 is 2.38 bits per heavy atom. The number of anilines is 1. The highest BCUT2D eigenvalue weighted by Crippen LogP contribution is 2.34. The van der Waals surface area contributed by atoms with Gasteiger partial charge in [0, 0.05) is 32.4 Å². The third kappa shape index (κ3) is 8.40. The molecule has 0 saturated heterocycles. The quantitative estimate of drug-likeness (QED) is 0.211. The first-order chi connectivity index (χ1) is 19.0. The van der Waals surface area contributed by atoms with E-state index < -0.39 is 23.5 Å². The Balaban J connectivity index is 1.81. The van der Waals surface area contributed by atoms with E-state index in [-0.39, 0.29) is 17.9 Å². The molecule has 0 aliphatic heterocycles. The summed E-state index contributed by atoms with van der Waals surface area (Å²) < 4.78 is 58.7. The largest absolute Gasteiger partial charge is 0.419 e. The van der Waals surface area contributed by atoms with Crippen LogP contribution in [0.3, 0.4) is 0 Å². The van der Waals surface area contributed by atoms with Crippen LogP contribution in [0.2, 0.25) is 0 Å². The number of hydrogen-bond donors (Lipinski definition) is 0. The molecule has 0 fully saturated rings. The molecule has 0 saturated carbocycles. The van der Waals surface area contributed by atoms with Gasteiger partial charge in [0.1, 0.15) is 5.82 Å². The fourth-order valence-electron chi connectivity index (χ4n) is 4.62. The Morgan fingerprint density at radius 1 is 1.00 bits per heavy atom. The molecule has 0 heterocycles. The molecule has 0 bridgehead atoms. The van der Waals surface area contributed by atoms with Crippen LogP contribution in [0.5, 0.6) is 0 Å². The fraction of sp³-hybridized carbons (Fsp3) is 0.375. The van der Waals surface area contributed by atoms with E-state index in [9.17, 15) is 27.6 Å². The van der Waals surface area contributed by atoms with Crippen LogP contribution in [-0.4, -0.2) is 26.2 Å². The van der Waals surface area contributed by atoms with Gasteiger partial charge >= 0.3 is 6.18 Å². The number of halogens is 4. The number of nitriles is 1. The normalized spacial score (nSPS) is 12.9. The summed E-state index contributed by atoms with van der Waals surface area (Å²) in [6, 6.07) is 19.7. The van der Waals surface area contributed by atoms with Gasteiger partial charge in [-0.15, -0.1) is 0 Å². The summed E-state index contributed by atoms with van der Waals surface area (Å²) in [4.78, 5) is 15.2. The van der Waals surface area contributed by atoms with Crippen molar-refractivity contribution in [3.05, 3.63) is 89.2 Å². The SMILES string of the molecule is COCCC(C)CCCN(C(=O)CC(C)c1ccc(F)c(C(F)(F)F)c1)c1ccc(-c2cccc(C#N)c2)cc1. The molecule has 8 heteroatoms. The Bertz CT molecular complexity index is 1320. The molecule has 3 rings (SSSR count). The maximum atomic E-state index is 13.8. The zero-order valence-electron chi connectivity index (χ0n) is 23.0. The van der Waals surface area contributed by atoms with Crippen LogP contribution in [0.25, 0.3) is 11.1 Å². The minimum atomic E-state index is -4.82. The Hall–Kier alpha value is -3.70.